The lowest BCUT2D eigenvalue weighted by molar-refractivity contribution is 0.0622. The molecule has 2 rings (SSSR count). The molecule has 1 aromatic rings. The zero-order valence-electron chi connectivity index (χ0n) is 11.1. The molecule has 1 aliphatic heterocycles. The van der Waals surface area contributed by atoms with E-state index in [2.05, 4.69) is 34.4 Å². The fourth-order valence-electron chi connectivity index (χ4n) is 2.28. The van der Waals surface area contributed by atoms with Gasteiger partial charge in [-0.15, -0.1) is 0 Å². The average molecular weight is 250 g/mol. The molecule has 0 saturated carbocycles. The van der Waals surface area contributed by atoms with Crippen molar-refractivity contribution in [3.8, 4) is 0 Å². The van der Waals surface area contributed by atoms with Crippen molar-refractivity contribution in [2.24, 2.45) is 5.92 Å². The van der Waals surface area contributed by atoms with Gasteiger partial charge in [0.25, 0.3) is 0 Å². The minimum atomic E-state index is 0.415. The molecular weight excluding hydrogens is 228 g/mol. The van der Waals surface area contributed by atoms with Gasteiger partial charge in [-0.2, -0.15) is 0 Å². The third-order valence-corrected chi connectivity index (χ3v) is 3.37. The van der Waals surface area contributed by atoms with Crippen LogP contribution in [0.4, 0.5) is 11.6 Å². The van der Waals surface area contributed by atoms with Crippen LogP contribution >= 0.6 is 0 Å². The van der Waals surface area contributed by atoms with E-state index in [-0.39, 0.29) is 0 Å². The van der Waals surface area contributed by atoms with Crippen molar-refractivity contribution in [2.45, 2.75) is 32.7 Å². The van der Waals surface area contributed by atoms with Crippen LogP contribution in [0.15, 0.2) is 12.4 Å². The summed E-state index contributed by atoms with van der Waals surface area (Å²) in [4.78, 5) is 8.43. The Morgan fingerprint density at radius 1 is 1.33 bits per heavy atom. The molecule has 0 aliphatic carbocycles. The molecule has 1 atom stereocenters. The van der Waals surface area contributed by atoms with Crippen molar-refractivity contribution < 1.29 is 4.74 Å². The number of hydrogen-bond donors (Lipinski definition) is 2. The predicted octanol–water partition coefficient (Wildman–Crippen LogP) is 2.14. The van der Waals surface area contributed by atoms with Crippen molar-refractivity contribution in [3.63, 3.8) is 0 Å². The lowest BCUT2D eigenvalue weighted by Crippen LogP contribution is -2.31. The second-order valence-corrected chi connectivity index (χ2v) is 4.70. The van der Waals surface area contributed by atoms with Crippen LogP contribution in [0.3, 0.4) is 0 Å². The van der Waals surface area contributed by atoms with Crippen molar-refractivity contribution >= 4 is 11.6 Å². The van der Waals surface area contributed by atoms with E-state index >= 15 is 0 Å². The van der Waals surface area contributed by atoms with Crippen LogP contribution in [0, 0.1) is 5.92 Å². The van der Waals surface area contributed by atoms with E-state index in [1.807, 2.05) is 6.07 Å². The standard InChI is InChI=1S/C13H22N4O/c1-3-14-12-8-13(16-9-15-12)17-10(2)11-4-6-18-7-5-11/h8-11H,3-7H2,1-2H3,(H2,14,15,16,17). The lowest BCUT2D eigenvalue weighted by Gasteiger charge is -2.28. The minimum Gasteiger partial charge on any atom is -0.381 e. The zero-order valence-corrected chi connectivity index (χ0v) is 11.1. The first-order valence-electron chi connectivity index (χ1n) is 6.69. The Hall–Kier alpha value is -1.36. The number of hydrogen-bond acceptors (Lipinski definition) is 5. The summed E-state index contributed by atoms with van der Waals surface area (Å²) in [5, 5.41) is 6.65. The van der Waals surface area contributed by atoms with E-state index in [0.29, 0.717) is 12.0 Å². The largest absolute Gasteiger partial charge is 0.381 e. The van der Waals surface area contributed by atoms with Gasteiger partial charge < -0.3 is 15.4 Å². The number of anilines is 2. The molecule has 0 amide bonds. The first kappa shape index (κ1) is 13.1. The smallest absolute Gasteiger partial charge is 0.131 e. The molecule has 18 heavy (non-hydrogen) atoms. The third kappa shape index (κ3) is 3.57. The molecule has 0 radical (unpaired) electrons. The summed E-state index contributed by atoms with van der Waals surface area (Å²) >= 11 is 0. The average Bonchev–Trinajstić information content (AvgIpc) is 2.40. The molecule has 1 fully saturated rings. The van der Waals surface area contributed by atoms with Gasteiger partial charge in [-0.05, 0) is 32.6 Å². The Morgan fingerprint density at radius 3 is 2.78 bits per heavy atom. The molecule has 5 heteroatoms. The van der Waals surface area contributed by atoms with E-state index in [9.17, 15) is 0 Å². The number of nitrogens with one attached hydrogen (secondary N) is 2. The maximum atomic E-state index is 5.39. The molecule has 1 unspecified atom stereocenters. The van der Waals surface area contributed by atoms with Crippen LogP contribution in [0.25, 0.3) is 0 Å². The molecule has 2 heterocycles. The monoisotopic (exact) mass is 250 g/mol. The molecule has 0 aromatic carbocycles. The molecule has 100 valence electrons. The Bertz CT molecular complexity index is 366. The highest BCUT2D eigenvalue weighted by Crippen LogP contribution is 2.21. The molecular formula is C13H22N4O. The van der Waals surface area contributed by atoms with Gasteiger partial charge in [0.15, 0.2) is 0 Å². The summed E-state index contributed by atoms with van der Waals surface area (Å²) in [7, 11) is 0. The van der Waals surface area contributed by atoms with E-state index in [1.54, 1.807) is 6.33 Å². The van der Waals surface area contributed by atoms with Crippen LogP contribution in [0.5, 0.6) is 0 Å². The molecule has 1 aromatic heterocycles. The Kier molecular flexibility index (Phi) is 4.75. The topological polar surface area (TPSA) is 59.1 Å². The van der Waals surface area contributed by atoms with Crippen LogP contribution < -0.4 is 10.6 Å². The van der Waals surface area contributed by atoms with Gasteiger partial charge >= 0.3 is 0 Å². The molecule has 1 saturated heterocycles. The number of rotatable bonds is 5. The Labute approximate surface area is 108 Å². The quantitative estimate of drug-likeness (QED) is 0.838. The summed E-state index contributed by atoms with van der Waals surface area (Å²) in [5.74, 6) is 2.42. The summed E-state index contributed by atoms with van der Waals surface area (Å²) < 4.78 is 5.39. The summed E-state index contributed by atoms with van der Waals surface area (Å²) in [6.45, 7) is 6.89. The van der Waals surface area contributed by atoms with E-state index in [4.69, 9.17) is 4.74 Å². The van der Waals surface area contributed by atoms with Gasteiger partial charge in [0.1, 0.15) is 18.0 Å². The summed E-state index contributed by atoms with van der Waals surface area (Å²) in [5.41, 5.74) is 0. The zero-order chi connectivity index (χ0) is 12.8. The Morgan fingerprint density at radius 2 is 2.06 bits per heavy atom. The van der Waals surface area contributed by atoms with Crippen LogP contribution in [-0.4, -0.2) is 35.8 Å². The number of aromatic nitrogens is 2. The normalized spacial score (nSPS) is 18.3. The highest BCUT2D eigenvalue weighted by molar-refractivity contribution is 5.46. The molecule has 1 aliphatic rings. The van der Waals surface area contributed by atoms with E-state index in [0.717, 1.165) is 44.2 Å². The SMILES string of the molecule is CCNc1cc(NC(C)C2CCOCC2)ncn1. The van der Waals surface area contributed by atoms with Crippen molar-refractivity contribution in [1.82, 2.24) is 9.97 Å². The van der Waals surface area contributed by atoms with Crippen molar-refractivity contribution in [2.75, 3.05) is 30.4 Å². The van der Waals surface area contributed by atoms with Gasteiger partial charge in [-0.3, -0.25) is 0 Å². The molecule has 0 spiro atoms. The summed E-state index contributed by atoms with van der Waals surface area (Å²) in [6.07, 6.45) is 3.84. The van der Waals surface area contributed by atoms with Crippen molar-refractivity contribution in [3.05, 3.63) is 12.4 Å². The van der Waals surface area contributed by atoms with E-state index in [1.165, 1.54) is 0 Å². The maximum Gasteiger partial charge on any atom is 0.131 e. The number of ether oxygens (including phenoxy) is 1. The summed E-state index contributed by atoms with van der Waals surface area (Å²) in [6, 6.07) is 2.37. The maximum absolute atomic E-state index is 5.39. The van der Waals surface area contributed by atoms with E-state index < -0.39 is 0 Å². The fraction of sp³-hybridized carbons (Fsp3) is 0.692. The van der Waals surface area contributed by atoms with Gasteiger partial charge in [-0.25, -0.2) is 9.97 Å². The lowest BCUT2D eigenvalue weighted by atomic mass is 9.93. The predicted molar refractivity (Wildman–Crippen MR) is 72.8 cm³/mol. The number of nitrogens with zero attached hydrogens (tertiary/aromatic N) is 2. The fourth-order valence-corrected chi connectivity index (χ4v) is 2.28. The first-order chi connectivity index (χ1) is 8.79. The van der Waals surface area contributed by atoms with Crippen LogP contribution in [0.1, 0.15) is 26.7 Å². The van der Waals surface area contributed by atoms with Gasteiger partial charge in [0.05, 0.1) is 0 Å². The van der Waals surface area contributed by atoms with Crippen LogP contribution in [0.2, 0.25) is 0 Å². The van der Waals surface area contributed by atoms with Crippen molar-refractivity contribution in [1.29, 1.82) is 0 Å². The highest BCUT2D eigenvalue weighted by Gasteiger charge is 2.20. The molecule has 5 nitrogen and oxygen atoms in total. The highest BCUT2D eigenvalue weighted by atomic mass is 16.5. The Balaban J connectivity index is 1.93. The van der Waals surface area contributed by atoms with Crippen LogP contribution in [-0.2, 0) is 4.74 Å². The second-order valence-electron chi connectivity index (χ2n) is 4.70. The third-order valence-electron chi connectivity index (χ3n) is 3.37. The minimum absolute atomic E-state index is 0.415. The second kappa shape index (κ2) is 6.54. The molecule has 0 bridgehead atoms. The van der Waals surface area contributed by atoms with Gasteiger partial charge in [-0.1, -0.05) is 0 Å². The molecule has 2 N–H and O–H groups in total. The van der Waals surface area contributed by atoms with Gasteiger partial charge in [0, 0.05) is 31.9 Å². The van der Waals surface area contributed by atoms with Gasteiger partial charge in [0.2, 0.25) is 0 Å². The first-order valence-corrected chi connectivity index (χ1v) is 6.69.